The maximum atomic E-state index is 3.44. The van der Waals surface area contributed by atoms with E-state index in [1.165, 1.54) is 25.7 Å². The molecule has 0 nitrogen and oxygen atoms in total. The Balaban J connectivity index is 2.43. The molecule has 1 saturated carbocycles. The Morgan fingerprint density at radius 1 is 1.07 bits per heavy atom. The third kappa shape index (κ3) is 4.06. The van der Waals surface area contributed by atoms with E-state index in [4.69, 9.17) is 0 Å². The molecule has 0 radical (unpaired) electrons. The zero-order valence-electron chi connectivity index (χ0n) is 9.32. The third-order valence-electron chi connectivity index (χ3n) is 3.36. The molecule has 0 aromatic carbocycles. The summed E-state index contributed by atoms with van der Waals surface area (Å²) in [5.74, 6) is 1.70. The SMILES string of the molecule is CC(C)(C)C1CCC(C=C(Br)Br)CC1. The lowest BCUT2D eigenvalue weighted by Crippen LogP contribution is -2.25. The second-order valence-corrected chi connectivity index (χ2v) is 8.21. The molecule has 1 fully saturated rings. The summed E-state index contributed by atoms with van der Waals surface area (Å²) >= 11 is 6.88. The van der Waals surface area contributed by atoms with E-state index < -0.39 is 0 Å². The van der Waals surface area contributed by atoms with Crippen molar-refractivity contribution in [1.29, 1.82) is 0 Å². The summed E-state index contributed by atoms with van der Waals surface area (Å²) in [4.78, 5) is 0. The van der Waals surface area contributed by atoms with Gasteiger partial charge in [0.2, 0.25) is 0 Å². The molecule has 0 aromatic heterocycles. The highest BCUT2D eigenvalue weighted by molar-refractivity contribution is 9.28. The molecule has 1 rings (SSSR count). The monoisotopic (exact) mass is 322 g/mol. The Hall–Kier alpha value is 0.700. The van der Waals surface area contributed by atoms with Crippen molar-refractivity contribution in [2.45, 2.75) is 46.5 Å². The Morgan fingerprint density at radius 3 is 1.93 bits per heavy atom. The molecule has 0 atom stereocenters. The first-order chi connectivity index (χ1) is 6.39. The summed E-state index contributed by atoms with van der Waals surface area (Å²) < 4.78 is 1.12. The van der Waals surface area contributed by atoms with Gasteiger partial charge in [0.15, 0.2) is 0 Å². The van der Waals surface area contributed by atoms with Crippen LogP contribution in [-0.2, 0) is 0 Å². The van der Waals surface area contributed by atoms with Crippen LogP contribution in [0.3, 0.4) is 0 Å². The van der Waals surface area contributed by atoms with E-state index in [0.29, 0.717) is 5.41 Å². The van der Waals surface area contributed by atoms with Gasteiger partial charge in [-0.15, -0.1) is 0 Å². The van der Waals surface area contributed by atoms with E-state index in [9.17, 15) is 0 Å². The lowest BCUT2D eigenvalue weighted by molar-refractivity contribution is 0.163. The average Bonchev–Trinajstić information content (AvgIpc) is 2.02. The molecule has 2 heteroatoms. The second kappa shape index (κ2) is 5.16. The molecule has 0 aliphatic heterocycles. The van der Waals surface area contributed by atoms with Gasteiger partial charge >= 0.3 is 0 Å². The quantitative estimate of drug-likeness (QED) is 0.600. The van der Waals surface area contributed by atoms with Crippen LogP contribution < -0.4 is 0 Å². The van der Waals surface area contributed by atoms with E-state index in [-0.39, 0.29) is 0 Å². The van der Waals surface area contributed by atoms with Crippen LogP contribution in [-0.4, -0.2) is 0 Å². The van der Waals surface area contributed by atoms with Crippen molar-refractivity contribution in [3.63, 3.8) is 0 Å². The van der Waals surface area contributed by atoms with Gasteiger partial charge in [0.25, 0.3) is 0 Å². The van der Waals surface area contributed by atoms with Crippen LogP contribution in [0.4, 0.5) is 0 Å². The molecule has 0 heterocycles. The van der Waals surface area contributed by atoms with E-state index in [2.05, 4.69) is 58.7 Å². The summed E-state index contributed by atoms with van der Waals surface area (Å²) in [6.45, 7) is 7.11. The predicted octanol–water partition coefficient (Wildman–Crippen LogP) is 5.47. The van der Waals surface area contributed by atoms with Crippen molar-refractivity contribution in [3.8, 4) is 0 Å². The van der Waals surface area contributed by atoms with Crippen molar-refractivity contribution in [1.82, 2.24) is 0 Å². The maximum absolute atomic E-state index is 3.44. The van der Waals surface area contributed by atoms with Crippen LogP contribution in [0.25, 0.3) is 0 Å². The van der Waals surface area contributed by atoms with Gasteiger partial charge in [0.1, 0.15) is 0 Å². The first-order valence-electron chi connectivity index (χ1n) is 5.42. The van der Waals surface area contributed by atoms with Crippen LogP contribution in [0.1, 0.15) is 46.5 Å². The Labute approximate surface area is 105 Å². The molecular weight excluding hydrogens is 304 g/mol. The Bertz CT molecular complexity index is 201. The Kier molecular flexibility index (Phi) is 4.70. The fourth-order valence-corrected chi connectivity index (χ4v) is 3.08. The van der Waals surface area contributed by atoms with Gasteiger partial charge in [-0.3, -0.25) is 0 Å². The molecule has 0 bridgehead atoms. The van der Waals surface area contributed by atoms with Gasteiger partial charge in [-0.05, 0) is 74.8 Å². The minimum Gasteiger partial charge on any atom is -0.0601 e. The first-order valence-corrected chi connectivity index (χ1v) is 7.01. The van der Waals surface area contributed by atoms with E-state index in [0.717, 1.165) is 15.2 Å². The van der Waals surface area contributed by atoms with E-state index in [1.807, 2.05) is 0 Å². The molecule has 1 aliphatic rings. The fourth-order valence-electron chi connectivity index (χ4n) is 2.33. The molecule has 0 spiro atoms. The topological polar surface area (TPSA) is 0 Å². The molecular formula is C12H20Br2. The van der Waals surface area contributed by atoms with Crippen LogP contribution in [0.15, 0.2) is 9.47 Å². The first kappa shape index (κ1) is 12.8. The number of rotatable bonds is 1. The maximum Gasteiger partial charge on any atom is 0.0567 e. The van der Waals surface area contributed by atoms with Crippen LogP contribution >= 0.6 is 31.9 Å². The highest BCUT2D eigenvalue weighted by atomic mass is 79.9. The van der Waals surface area contributed by atoms with Crippen LogP contribution in [0.5, 0.6) is 0 Å². The summed E-state index contributed by atoms with van der Waals surface area (Å²) in [5.41, 5.74) is 0.500. The zero-order chi connectivity index (χ0) is 10.8. The molecule has 0 amide bonds. The predicted molar refractivity (Wildman–Crippen MR) is 70.8 cm³/mol. The number of halogens is 2. The molecule has 0 N–H and O–H groups in total. The molecule has 0 aromatic rings. The van der Waals surface area contributed by atoms with E-state index in [1.54, 1.807) is 0 Å². The molecule has 1 aliphatic carbocycles. The highest BCUT2D eigenvalue weighted by Gasteiger charge is 2.28. The van der Waals surface area contributed by atoms with Gasteiger partial charge < -0.3 is 0 Å². The van der Waals surface area contributed by atoms with Crippen LogP contribution in [0.2, 0.25) is 0 Å². The minimum atomic E-state index is 0.500. The third-order valence-corrected chi connectivity index (χ3v) is 3.89. The van der Waals surface area contributed by atoms with Crippen molar-refractivity contribution < 1.29 is 0 Å². The number of hydrogen-bond donors (Lipinski definition) is 0. The summed E-state index contributed by atoms with van der Waals surface area (Å²) in [7, 11) is 0. The van der Waals surface area contributed by atoms with Crippen molar-refractivity contribution >= 4 is 31.9 Å². The van der Waals surface area contributed by atoms with Crippen molar-refractivity contribution in [2.24, 2.45) is 17.3 Å². The number of hydrogen-bond acceptors (Lipinski definition) is 0. The normalized spacial score (nSPS) is 28.6. The van der Waals surface area contributed by atoms with Gasteiger partial charge in [-0.25, -0.2) is 0 Å². The number of allylic oxidation sites excluding steroid dienone is 1. The van der Waals surface area contributed by atoms with Gasteiger partial charge in [-0.2, -0.15) is 0 Å². The molecule has 82 valence electrons. The molecule has 14 heavy (non-hydrogen) atoms. The summed E-state index contributed by atoms with van der Waals surface area (Å²) in [6, 6.07) is 0. The molecule has 0 unspecified atom stereocenters. The van der Waals surface area contributed by atoms with Gasteiger partial charge in [-0.1, -0.05) is 26.8 Å². The smallest absolute Gasteiger partial charge is 0.0567 e. The van der Waals surface area contributed by atoms with Crippen molar-refractivity contribution in [2.75, 3.05) is 0 Å². The lowest BCUT2D eigenvalue weighted by Gasteiger charge is -2.36. The van der Waals surface area contributed by atoms with Crippen LogP contribution in [0, 0.1) is 17.3 Å². The highest BCUT2D eigenvalue weighted by Crippen LogP contribution is 2.40. The van der Waals surface area contributed by atoms with Crippen molar-refractivity contribution in [3.05, 3.63) is 9.47 Å². The summed E-state index contributed by atoms with van der Waals surface area (Å²) in [6.07, 6.45) is 7.78. The molecule has 0 saturated heterocycles. The van der Waals surface area contributed by atoms with Gasteiger partial charge in [0.05, 0.1) is 3.39 Å². The van der Waals surface area contributed by atoms with E-state index >= 15 is 0 Å². The summed E-state index contributed by atoms with van der Waals surface area (Å²) in [5, 5.41) is 0. The zero-order valence-corrected chi connectivity index (χ0v) is 12.5. The van der Waals surface area contributed by atoms with Gasteiger partial charge in [0, 0.05) is 0 Å². The largest absolute Gasteiger partial charge is 0.0601 e. The standard InChI is InChI=1S/C12H20Br2/c1-12(2,3)10-6-4-9(5-7-10)8-11(13)14/h8-10H,4-7H2,1-3H3. The lowest BCUT2D eigenvalue weighted by atomic mass is 9.70. The minimum absolute atomic E-state index is 0.500. The fraction of sp³-hybridized carbons (Fsp3) is 0.833. The average molecular weight is 324 g/mol. The second-order valence-electron chi connectivity index (χ2n) is 5.43. The Morgan fingerprint density at radius 2 is 1.57 bits per heavy atom.